The summed E-state index contributed by atoms with van der Waals surface area (Å²) in [6.45, 7) is 8.75. The van der Waals surface area contributed by atoms with Crippen molar-refractivity contribution in [1.82, 2.24) is 9.13 Å². The molecule has 0 unspecified atom stereocenters. The molecule has 74 heavy (non-hydrogen) atoms. The van der Waals surface area contributed by atoms with Gasteiger partial charge in [-0.05, 0) is 131 Å². The molecule has 0 radical (unpaired) electrons. The Morgan fingerprint density at radius 2 is 0.743 bits per heavy atom. The zero-order chi connectivity index (χ0) is 49.7. The number of nitrogens with zero attached hydrogens (tertiary/aromatic N) is 4. The molecule has 0 spiro atoms. The highest BCUT2D eigenvalue weighted by molar-refractivity contribution is 7.27. The van der Waals surface area contributed by atoms with Gasteiger partial charge in [0.05, 0.1) is 54.0 Å². The van der Waals surface area contributed by atoms with Gasteiger partial charge in [-0.2, -0.15) is 10.5 Å². The van der Waals surface area contributed by atoms with Gasteiger partial charge in [-0.25, -0.2) is 0 Å². The Morgan fingerprint density at radius 1 is 0.351 bits per heavy atom. The zero-order valence-electron chi connectivity index (χ0n) is 40.9. The highest BCUT2D eigenvalue weighted by Gasteiger charge is 2.33. The van der Waals surface area contributed by atoms with Gasteiger partial charge >= 0.3 is 0 Å². The van der Waals surface area contributed by atoms with E-state index in [-0.39, 0.29) is 0 Å². The lowest BCUT2D eigenvalue weighted by Crippen LogP contribution is -2.11. The maximum absolute atomic E-state index is 12.4. The lowest BCUT2D eigenvalue weighted by molar-refractivity contribution is 1.12. The summed E-state index contributed by atoms with van der Waals surface area (Å²) in [5, 5.41) is 38.3. The highest BCUT2D eigenvalue weighted by atomic mass is 32.1. The van der Waals surface area contributed by atoms with Crippen LogP contribution in [0.25, 0.3) is 139 Å². The molecule has 4 heterocycles. The highest BCUT2D eigenvalue weighted by Crippen LogP contribution is 2.53. The van der Waals surface area contributed by atoms with E-state index in [0.717, 1.165) is 114 Å². The third kappa shape index (κ3) is 5.87. The summed E-state index contributed by atoms with van der Waals surface area (Å²) >= 11 is 3.60. The van der Waals surface area contributed by atoms with Crippen LogP contribution in [0.5, 0.6) is 0 Å². The van der Waals surface area contributed by atoms with Crippen molar-refractivity contribution >= 4 is 128 Å². The van der Waals surface area contributed by atoms with Gasteiger partial charge in [0, 0.05) is 63.6 Å². The Bertz CT molecular complexity index is 4860. The van der Waals surface area contributed by atoms with Gasteiger partial charge in [0.25, 0.3) is 0 Å². The SMILES string of the molecule is Cc1cc2c3ccc4c5ccccc5sc4c3n(-c3c(C#N)c(-c4ccc5ccccc5c4)c(C#N)c(-n4c5cc(C)c(C)cc5c5ccc6c7ccccc7sc6c54)c3-c3ccc4ccccc4c3)c2cc1C. The summed E-state index contributed by atoms with van der Waals surface area (Å²) < 4.78 is 9.55. The number of rotatable bonds is 4. The molecule has 15 aromatic rings. The molecule has 0 aliphatic heterocycles. The van der Waals surface area contributed by atoms with Gasteiger partial charge in [0.15, 0.2) is 0 Å². The van der Waals surface area contributed by atoms with E-state index in [9.17, 15) is 10.5 Å². The van der Waals surface area contributed by atoms with Crippen molar-refractivity contribution in [2.75, 3.05) is 0 Å². The second kappa shape index (κ2) is 15.7. The number of aromatic nitrogens is 2. The number of fused-ring (bicyclic) bond motifs is 16. The minimum atomic E-state index is 0.443. The van der Waals surface area contributed by atoms with E-state index >= 15 is 0 Å². The van der Waals surface area contributed by atoms with Crippen molar-refractivity contribution in [3.63, 3.8) is 0 Å². The first-order chi connectivity index (χ1) is 36.3. The number of hydrogen-bond acceptors (Lipinski definition) is 4. The van der Waals surface area contributed by atoms with Crippen LogP contribution in [0.3, 0.4) is 0 Å². The average molecular weight is 979 g/mol. The fourth-order valence-corrected chi connectivity index (χ4v) is 14.7. The molecule has 0 aliphatic rings. The van der Waals surface area contributed by atoms with Crippen molar-refractivity contribution in [1.29, 1.82) is 10.5 Å². The van der Waals surface area contributed by atoms with E-state index in [1.54, 1.807) is 22.7 Å². The lowest BCUT2D eigenvalue weighted by atomic mass is 9.85. The topological polar surface area (TPSA) is 57.4 Å². The van der Waals surface area contributed by atoms with Crippen molar-refractivity contribution < 1.29 is 0 Å². The van der Waals surface area contributed by atoms with Crippen molar-refractivity contribution in [3.8, 4) is 45.8 Å². The predicted octanol–water partition coefficient (Wildman–Crippen LogP) is 19.2. The Morgan fingerprint density at radius 3 is 1.20 bits per heavy atom. The molecule has 0 saturated heterocycles. The molecule has 346 valence electrons. The summed E-state index contributed by atoms with van der Waals surface area (Å²) in [6.07, 6.45) is 0. The van der Waals surface area contributed by atoms with Gasteiger partial charge in [-0.3, -0.25) is 0 Å². The second-order valence-electron chi connectivity index (χ2n) is 20.0. The Labute approximate surface area is 434 Å². The summed E-state index contributed by atoms with van der Waals surface area (Å²) in [4.78, 5) is 0. The maximum Gasteiger partial charge on any atom is 0.102 e. The van der Waals surface area contributed by atoms with Crippen LogP contribution in [0.2, 0.25) is 0 Å². The molecule has 0 N–H and O–H groups in total. The van der Waals surface area contributed by atoms with E-state index in [4.69, 9.17) is 0 Å². The van der Waals surface area contributed by atoms with Crippen molar-refractivity contribution in [2.45, 2.75) is 27.7 Å². The normalized spacial score (nSPS) is 12.0. The zero-order valence-corrected chi connectivity index (χ0v) is 42.6. The first-order valence-corrected chi connectivity index (χ1v) is 26.7. The van der Waals surface area contributed by atoms with E-state index in [0.29, 0.717) is 16.7 Å². The first kappa shape index (κ1) is 42.6. The van der Waals surface area contributed by atoms with E-state index < -0.39 is 0 Å². The molecule has 15 rings (SSSR count). The first-order valence-electron chi connectivity index (χ1n) is 25.0. The summed E-state index contributed by atoms with van der Waals surface area (Å²) in [5.41, 5.74) is 14.3. The van der Waals surface area contributed by atoms with Crippen LogP contribution < -0.4 is 0 Å². The van der Waals surface area contributed by atoms with Crippen LogP contribution in [-0.2, 0) is 0 Å². The molecule has 0 saturated carbocycles. The fourth-order valence-electron chi connectivity index (χ4n) is 12.2. The molecule has 6 heteroatoms. The van der Waals surface area contributed by atoms with Crippen molar-refractivity contribution in [3.05, 3.63) is 215 Å². The third-order valence-corrected chi connectivity index (χ3v) is 18.4. The number of hydrogen-bond donors (Lipinski definition) is 0. The quantitative estimate of drug-likeness (QED) is 0.176. The Hall–Kier alpha value is -9.04. The molecule has 0 bridgehead atoms. The van der Waals surface area contributed by atoms with Crippen LogP contribution in [0, 0.1) is 50.4 Å². The second-order valence-corrected chi connectivity index (χ2v) is 22.1. The molecule has 0 amide bonds. The van der Waals surface area contributed by atoms with E-state index in [1.165, 1.54) is 42.1 Å². The largest absolute Gasteiger partial charge is 0.306 e. The molecule has 0 aliphatic carbocycles. The maximum atomic E-state index is 12.4. The Balaban J connectivity index is 1.27. The van der Waals surface area contributed by atoms with Gasteiger partial charge in [0.2, 0.25) is 0 Å². The molecule has 11 aromatic carbocycles. The molecule has 0 fully saturated rings. The smallest absolute Gasteiger partial charge is 0.102 e. The standard InChI is InChI=1S/C68H42N4S2/c1-37-29-53-49-25-27-51-47-17-9-11-19-59(47)73-67(51)65(49)71(57(53)31-39(37)3)63-55(35-69)61(45-23-21-41-13-5-7-15-43(41)33-45)56(36-70)64(62(63)46-24-22-42-14-6-8-16-44(42)34-46)72-58-32-40(4)38(2)30-54(58)50-26-28-52-48-18-10-12-20-60(48)74-68(52)66(50)72/h5-34H,1-4H3. The van der Waals surface area contributed by atoms with E-state index in [1.807, 2.05) is 0 Å². The number of aryl methyl sites for hydroxylation is 4. The summed E-state index contributed by atoms with van der Waals surface area (Å²) in [5.74, 6) is 0. The monoisotopic (exact) mass is 978 g/mol. The minimum Gasteiger partial charge on any atom is -0.306 e. The van der Waals surface area contributed by atoms with Gasteiger partial charge < -0.3 is 9.13 Å². The van der Waals surface area contributed by atoms with Gasteiger partial charge in [0.1, 0.15) is 12.1 Å². The summed E-state index contributed by atoms with van der Waals surface area (Å²) in [6, 6.07) is 71.5. The molecular weight excluding hydrogens is 937 g/mol. The van der Waals surface area contributed by atoms with Crippen LogP contribution >= 0.6 is 22.7 Å². The van der Waals surface area contributed by atoms with Crippen molar-refractivity contribution in [2.24, 2.45) is 0 Å². The lowest BCUT2D eigenvalue weighted by Gasteiger charge is -2.26. The van der Waals surface area contributed by atoms with Crippen LogP contribution in [0.4, 0.5) is 0 Å². The summed E-state index contributed by atoms with van der Waals surface area (Å²) in [7, 11) is 0. The number of benzene rings is 11. The predicted molar refractivity (Wildman–Crippen MR) is 315 cm³/mol. The van der Waals surface area contributed by atoms with E-state index in [2.05, 4.69) is 231 Å². The number of nitriles is 2. The minimum absolute atomic E-state index is 0.443. The van der Waals surface area contributed by atoms with Gasteiger partial charge in [-0.1, -0.05) is 133 Å². The van der Waals surface area contributed by atoms with Gasteiger partial charge in [-0.15, -0.1) is 22.7 Å². The molecule has 0 atom stereocenters. The fraction of sp³-hybridized carbons (Fsp3) is 0.0588. The molecular formula is C68H42N4S2. The van der Waals surface area contributed by atoms with Crippen LogP contribution in [-0.4, -0.2) is 9.13 Å². The van der Waals surface area contributed by atoms with Crippen LogP contribution in [0.1, 0.15) is 33.4 Å². The average Bonchev–Trinajstić information content (AvgIpc) is 4.19. The third-order valence-electron chi connectivity index (χ3n) is 16.0. The molecule has 4 aromatic heterocycles. The molecule has 4 nitrogen and oxygen atoms in total. The van der Waals surface area contributed by atoms with Crippen LogP contribution in [0.15, 0.2) is 182 Å². The number of thiophene rings is 2. The Kier molecular flexibility index (Phi) is 9.06.